The van der Waals surface area contributed by atoms with Gasteiger partial charge in [-0.25, -0.2) is 9.18 Å². The number of ketones is 1. The van der Waals surface area contributed by atoms with E-state index in [1.807, 2.05) is 0 Å². The Balaban J connectivity index is 1.74. The highest BCUT2D eigenvalue weighted by Gasteiger charge is 2.59. The molecule has 37 heavy (non-hydrogen) atoms. The van der Waals surface area contributed by atoms with Gasteiger partial charge in [-0.2, -0.15) is 0 Å². The molecule has 1 aliphatic heterocycles. The number of aryl methyl sites for hydroxylation is 2. The molecule has 1 aromatic heterocycles. The van der Waals surface area contributed by atoms with Crippen LogP contribution in [-0.4, -0.2) is 40.8 Å². The third-order valence-corrected chi connectivity index (χ3v) is 7.42. The number of hydrogen-bond acceptors (Lipinski definition) is 5. The van der Waals surface area contributed by atoms with Gasteiger partial charge in [-0.15, -0.1) is 0 Å². The van der Waals surface area contributed by atoms with Crippen LogP contribution in [0.15, 0.2) is 59.0 Å². The summed E-state index contributed by atoms with van der Waals surface area (Å²) in [6, 6.07) is 11.9. The Morgan fingerprint density at radius 2 is 1.62 bits per heavy atom. The number of carbonyl (C=O) groups is 3. The van der Waals surface area contributed by atoms with Gasteiger partial charge in [-0.1, -0.05) is 24.3 Å². The quantitative estimate of drug-likeness (QED) is 0.450. The Hall–Kier alpha value is -3.94. The van der Waals surface area contributed by atoms with Crippen molar-refractivity contribution < 1.29 is 33.0 Å². The Morgan fingerprint density at radius 3 is 2.14 bits per heavy atom. The van der Waals surface area contributed by atoms with Crippen LogP contribution in [0.3, 0.4) is 0 Å². The molecule has 2 heterocycles. The molecule has 2 aliphatic rings. The van der Waals surface area contributed by atoms with Crippen molar-refractivity contribution in [2.75, 3.05) is 7.11 Å². The Kier molecular flexibility index (Phi) is 6.35. The number of hydrogen-bond donors (Lipinski definition) is 1. The zero-order valence-electron chi connectivity index (χ0n) is 20.8. The third-order valence-electron chi connectivity index (χ3n) is 7.42. The van der Waals surface area contributed by atoms with E-state index in [2.05, 4.69) is 0 Å². The second-order valence-corrected chi connectivity index (χ2v) is 9.82. The molecule has 7 nitrogen and oxygen atoms in total. The first-order chi connectivity index (χ1) is 17.7. The number of halogens is 1. The minimum absolute atomic E-state index is 0.284. The molecule has 5 rings (SSSR count). The molecule has 3 aromatic rings. The lowest BCUT2D eigenvalue weighted by molar-refractivity contribution is -0.150. The fourth-order valence-corrected chi connectivity index (χ4v) is 5.60. The van der Waals surface area contributed by atoms with E-state index in [4.69, 9.17) is 9.15 Å². The minimum Gasteiger partial charge on any atom is -0.497 e. The van der Waals surface area contributed by atoms with Crippen LogP contribution in [0.4, 0.5) is 4.39 Å². The second-order valence-electron chi connectivity index (χ2n) is 9.82. The third kappa shape index (κ3) is 4.41. The highest BCUT2D eigenvalue weighted by molar-refractivity contribution is 6.02. The number of furan rings is 1. The van der Waals surface area contributed by atoms with Crippen molar-refractivity contribution >= 4 is 17.7 Å². The molecule has 0 spiro atoms. The largest absolute Gasteiger partial charge is 0.497 e. The summed E-state index contributed by atoms with van der Waals surface area (Å²) in [5.74, 6) is -2.80. The van der Waals surface area contributed by atoms with E-state index >= 15 is 0 Å². The predicted molar refractivity (Wildman–Crippen MR) is 132 cm³/mol. The highest BCUT2D eigenvalue weighted by Crippen LogP contribution is 2.53. The lowest BCUT2D eigenvalue weighted by atomic mass is 9.76. The molecule has 192 valence electrons. The first-order valence-corrected chi connectivity index (χ1v) is 12.3. The maximum absolute atomic E-state index is 14.3. The van der Waals surface area contributed by atoms with Crippen molar-refractivity contribution in [3.05, 3.63) is 88.6 Å². The van der Waals surface area contributed by atoms with Crippen LogP contribution in [0, 0.1) is 31.5 Å². The fraction of sp³-hybridized carbons (Fsp3) is 0.345. The van der Waals surface area contributed by atoms with Gasteiger partial charge < -0.3 is 19.2 Å². The summed E-state index contributed by atoms with van der Waals surface area (Å²) >= 11 is 0. The number of ether oxygens (including phenoxy) is 1. The summed E-state index contributed by atoms with van der Waals surface area (Å²) in [6.45, 7) is 3.42. The van der Waals surface area contributed by atoms with E-state index in [0.29, 0.717) is 46.8 Å². The number of carboxylic acids is 1. The van der Waals surface area contributed by atoms with E-state index < -0.39 is 35.7 Å². The van der Waals surface area contributed by atoms with Crippen molar-refractivity contribution in [1.29, 1.82) is 0 Å². The van der Waals surface area contributed by atoms with Crippen molar-refractivity contribution in [2.45, 2.75) is 44.7 Å². The van der Waals surface area contributed by atoms with E-state index in [9.17, 15) is 23.9 Å². The van der Waals surface area contributed by atoms with Crippen LogP contribution in [-0.2, 0) is 9.59 Å². The Morgan fingerprint density at radius 1 is 1.00 bits per heavy atom. The van der Waals surface area contributed by atoms with Gasteiger partial charge in [0.15, 0.2) is 5.78 Å². The maximum atomic E-state index is 14.3. The average Bonchev–Trinajstić information content (AvgIpc) is 3.59. The number of likely N-dealkylation sites (tertiary alicyclic amines) is 1. The number of benzene rings is 2. The molecule has 0 radical (unpaired) electrons. The topological polar surface area (TPSA) is 97.0 Å². The maximum Gasteiger partial charge on any atom is 0.327 e. The van der Waals surface area contributed by atoms with Gasteiger partial charge in [0.25, 0.3) is 0 Å². The summed E-state index contributed by atoms with van der Waals surface area (Å²) in [5.41, 5.74) is 1.45. The van der Waals surface area contributed by atoms with Crippen molar-refractivity contribution in [3.8, 4) is 5.75 Å². The summed E-state index contributed by atoms with van der Waals surface area (Å²) in [6.07, 6.45) is 1.34. The van der Waals surface area contributed by atoms with E-state index in [0.717, 1.165) is 0 Å². The monoisotopic (exact) mass is 505 g/mol. The van der Waals surface area contributed by atoms with Crippen LogP contribution < -0.4 is 4.74 Å². The first-order valence-electron chi connectivity index (χ1n) is 12.3. The molecular formula is C29H28FNO6. The summed E-state index contributed by atoms with van der Waals surface area (Å²) in [7, 11) is 1.53. The molecule has 2 fully saturated rings. The minimum atomic E-state index is -1.29. The molecule has 8 heteroatoms. The fourth-order valence-electron chi connectivity index (χ4n) is 5.60. The number of rotatable bonds is 7. The van der Waals surface area contributed by atoms with Gasteiger partial charge in [0.2, 0.25) is 5.91 Å². The van der Waals surface area contributed by atoms with Crippen molar-refractivity contribution in [2.24, 2.45) is 11.8 Å². The molecule has 0 bridgehead atoms. The Labute approximate surface area is 213 Å². The van der Waals surface area contributed by atoms with Crippen molar-refractivity contribution in [3.63, 3.8) is 0 Å². The van der Waals surface area contributed by atoms with Gasteiger partial charge in [0.05, 0.1) is 24.6 Å². The van der Waals surface area contributed by atoms with Gasteiger partial charge >= 0.3 is 5.97 Å². The predicted octanol–water partition coefficient (Wildman–Crippen LogP) is 5.07. The number of methoxy groups -OCH3 is 1. The van der Waals surface area contributed by atoms with Gasteiger partial charge in [-0.3, -0.25) is 9.59 Å². The van der Waals surface area contributed by atoms with E-state index in [-0.39, 0.29) is 17.6 Å². The molecule has 2 aromatic carbocycles. The van der Waals surface area contributed by atoms with E-state index in [1.165, 1.54) is 36.3 Å². The molecule has 1 saturated heterocycles. The number of nitrogens with zero attached hydrogens (tertiary/aromatic N) is 1. The molecule has 1 N–H and O–H groups in total. The number of carbonyl (C=O) groups excluding carboxylic acids is 2. The van der Waals surface area contributed by atoms with Crippen molar-refractivity contribution in [1.82, 2.24) is 4.90 Å². The smallest absolute Gasteiger partial charge is 0.327 e. The van der Waals surface area contributed by atoms with Crippen LogP contribution >= 0.6 is 0 Å². The number of amides is 1. The Bertz CT molecular complexity index is 1340. The lowest BCUT2D eigenvalue weighted by Crippen LogP contribution is -2.44. The zero-order valence-corrected chi connectivity index (χ0v) is 20.8. The first kappa shape index (κ1) is 24.7. The molecule has 1 saturated carbocycles. The van der Waals surface area contributed by atoms with Gasteiger partial charge in [0.1, 0.15) is 29.1 Å². The highest BCUT2D eigenvalue weighted by atomic mass is 19.1. The van der Waals surface area contributed by atoms with Gasteiger partial charge in [-0.05, 0) is 68.1 Å². The van der Waals surface area contributed by atoms with Gasteiger partial charge in [0, 0.05) is 11.8 Å². The molecular weight excluding hydrogens is 477 g/mol. The number of aliphatic carboxylic acids is 1. The summed E-state index contributed by atoms with van der Waals surface area (Å²) in [5, 5.41) is 10.5. The average molecular weight is 506 g/mol. The molecule has 1 aliphatic carbocycles. The second kappa shape index (κ2) is 9.50. The van der Waals surface area contributed by atoms with Crippen LogP contribution in [0.2, 0.25) is 0 Å². The molecule has 1 amide bonds. The van der Waals surface area contributed by atoms with Crippen LogP contribution in [0.5, 0.6) is 5.75 Å². The summed E-state index contributed by atoms with van der Waals surface area (Å²) < 4.78 is 24.8. The number of Topliss-reactive ketones (excluding diaryl/α,β-unsaturated/α-hetero) is 1. The standard InChI is InChI=1S/C29H28FNO6/c1-15-14-22(16(2)37-15)27(32)24-23(17-8-12-21(36-3)13-9-17)26(29(34)35)31(28(33)19-4-5-19)25(24)18-6-10-20(30)11-7-18/h6-14,19,23-26H,4-5H2,1-3H3,(H,34,35). The molecule has 4 unspecified atom stereocenters. The zero-order chi connectivity index (χ0) is 26.4. The molecule has 4 atom stereocenters. The summed E-state index contributed by atoms with van der Waals surface area (Å²) in [4.78, 5) is 42.2. The van der Waals surface area contributed by atoms with Crippen LogP contribution in [0.1, 0.15) is 57.8 Å². The van der Waals surface area contributed by atoms with Crippen LogP contribution in [0.25, 0.3) is 0 Å². The number of carboxylic acid groups (broad SMARTS) is 1. The lowest BCUT2D eigenvalue weighted by Gasteiger charge is -2.30. The normalized spacial score (nSPS) is 23.2. The SMILES string of the molecule is COc1ccc(C2C(C(=O)c3cc(C)oc3C)C(c3ccc(F)cc3)N(C(=O)C3CC3)C2C(=O)O)cc1. The van der Waals surface area contributed by atoms with E-state index in [1.54, 1.807) is 44.2 Å².